The van der Waals surface area contributed by atoms with Crippen LogP contribution in [0.25, 0.3) is 16.5 Å². The summed E-state index contributed by atoms with van der Waals surface area (Å²) in [5.74, 6) is -1.30. The molecule has 0 saturated carbocycles. The number of aryl methyl sites for hydroxylation is 1. The smallest absolute Gasteiger partial charge is 0.333 e. The van der Waals surface area contributed by atoms with Crippen molar-refractivity contribution < 1.29 is 22.7 Å². The van der Waals surface area contributed by atoms with Gasteiger partial charge in [0.1, 0.15) is 10.0 Å². The molecule has 2 aromatic carbocycles. The molecule has 0 unspecified atom stereocenters. The highest BCUT2D eigenvalue weighted by atomic mass is 32.2. The lowest BCUT2D eigenvalue weighted by Crippen LogP contribution is -2.34. The second-order valence-electron chi connectivity index (χ2n) is 10.1. The molecule has 216 valence electrons. The number of thiophene rings is 1. The van der Waals surface area contributed by atoms with E-state index in [-0.39, 0.29) is 15.6 Å². The molecule has 12 heteroatoms. The average molecular weight is 599 g/mol. The number of hydrogen-bond acceptors (Lipinski definition) is 7. The molecule has 0 radical (unpaired) electrons. The van der Waals surface area contributed by atoms with Crippen LogP contribution in [0.3, 0.4) is 0 Å². The van der Waals surface area contributed by atoms with Gasteiger partial charge < -0.3 is 15.3 Å². The summed E-state index contributed by atoms with van der Waals surface area (Å²) in [7, 11) is -4.06. The van der Waals surface area contributed by atoms with Crippen molar-refractivity contribution in [1.82, 2.24) is 14.2 Å². The number of amides is 2. The summed E-state index contributed by atoms with van der Waals surface area (Å²) in [6.45, 7) is 3.45. The summed E-state index contributed by atoms with van der Waals surface area (Å²) in [5.41, 5.74) is 0.196. The largest absolute Gasteiger partial charge is 0.494 e. The summed E-state index contributed by atoms with van der Waals surface area (Å²) < 4.78 is 42.2. The second-order valence-corrected chi connectivity index (χ2v) is 12.9. The third kappa shape index (κ3) is 6.77. The fraction of sp³-hybridized carbons (Fsp3) is 0.310. The number of rotatable bonds is 9. The number of carbonyl (C=O) groups is 1. The second kappa shape index (κ2) is 12.4. The Labute approximate surface area is 241 Å². The highest BCUT2D eigenvalue weighted by Crippen LogP contribution is 2.28. The predicted octanol–water partition coefficient (Wildman–Crippen LogP) is 5.22. The topological polar surface area (TPSA) is 121 Å². The molecule has 4 aromatic rings. The molecule has 5 rings (SSSR count). The minimum atomic E-state index is -4.06. The quantitative estimate of drug-likeness (QED) is 0.227. The first-order valence-electron chi connectivity index (χ1n) is 13.5. The van der Waals surface area contributed by atoms with Gasteiger partial charge in [0.15, 0.2) is 0 Å². The summed E-state index contributed by atoms with van der Waals surface area (Å²) in [6.07, 6.45) is 6.85. The van der Waals surface area contributed by atoms with E-state index in [9.17, 15) is 23.1 Å². The molecular weight excluding hydrogens is 567 g/mol. The van der Waals surface area contributed by atoms with Gasteiger partial charge in [-0.15, -0.1) is 11.3 Å². The van der Waals surface area contributed by atoms with E-state index in [1.165, 1.54) is 62.7 Å². The number of sulfonamides is 1. The van der Waals surface area contributed by atoms with Gasteiger partial charge in [0.25, 0.3) is 15.6 Å². The molecule has 2 aromatic heterocycles. The molecule has 1 fully saturated rings. The number of anilines is 1. The predicted molar refractivity (Wildman–Crippen MR) is 158 cm³/mol. The molecule has 2 amide bonds. The van der Waals surface area contributed by atoms with E-state index in [1.54, 1.807) is 11.4 Å². The highest BCUT2D eigenvalue weighted by molar-refractivity contribution is 7.92. The molecule has 1 aliphatic heterocycles. The molecule has 1 saturated heterocycles. The maximum absolute atomic E-state index is 15.1. The van der Waals surface area contributed by atoms with Gasteiger partial charge in [0, 0.05) is 17.1 Å². The van der Waals surface area contributed by atoms with E-state index in [0.29, 0.717) is 10.8 Å². The first kappa shape index (κ1) is 28.8. The monoisotopic (exact) mass is 598 g/mol. The molecule has 41 heavy (non-hydrogen) atoms. The molecule has 9 nitrogen and oxygen atoms in total. The number of nitrogens with zero attached hydrogens (tertiary/aromatic N) is 2. The number of likely N-dealkylation sites (tertiary alicyclic amines) is 1. The van der Waals surface area contributed by atoms with Crippen molar-refractivity contribution in [2.75, 3.05) is 25.0 Å². The maximum Gasteiger partial charge on any atom is 0.333 e. The fourth-order valence-corrected chi connectivity index (χ4v) is 7.01. The van der Waals surface area contributed by atoms with Crippen LogP contribution in [0.15, 0.2) is 69.0 Å². The van der Waals surface area contributed by atoms with Crippen LogP contribution >= 0.6 is 11.3 Å². The summed E-state index contributed by atoms with van der Waals surface area (Å²) >= 11 is 0.945. The van der Waals surface area contributed by atoms with Gasteiger partial charge in [-0.2, -0.15) is 0 Å². The third-order valence-corrected chi connectivity index (χ3v) is 9.87. The molecule has 0 bridgehead atoms. The number of unbranched alkanes of at least 4 members (excludes halogenated alkanes) is 1. The van der Waals surface area contributed by atoms with Crippen molar-refractivity contribution in [3.63, 3.8) is 0 Å². The minimum Gasteiger partial charge on any atom is -0.494 e. The molecule has 1 aliphatic rings. The van der Waals surface area contributed by atoms with Crippen LogP contribution in [0.4, 0.5) is 14.9 Å². The Morgan fingerprint density at radius 1 is 1.02 bits per heavy atom. The molecule has 3 heterocycles. The number of aromatic nitrogens is 1. The zero-order chi connectivity index (χ0) is 29.0. The van der Waals surface area contributed by atoms with Crippen LogP contribution in [0, 0.1) is 5.82 Å². The van der Waals surface area contributed by atoms with Crippen LogP contribution in [0.2, 0.25) is 0 Å². The highest BCUT2D eigenvalue weighted by Gasteiger charge is 2.20. The zero-order valence-electron chi connectivity index (χ0n) is 22.3. The fourth-order valence-electron chi connectivity index (χ4n) is 5.10. The van der Waals surface area contributed by atoms with E-state index in [2.05, 4.69) is 10.2 Å². The normalized spacial score (nSPS) is 14.3. The van der Waals surface area contributed by atoms with E-state index in [4.69, 9.17) is 0 Å². The molecular formula is C29H31FN4O5S2. The van der Waals surface area contributed by atoms with Gasteiger partial charge in [0.05, 0.1) is 5.69 Å². The number of halogens is 1. The van der Waals surface area contributed by atoms with E-state index < -0.39 is 33.3 Å². The molecule has 3 N–H and O–H groups in total. The van der Waals surface area contributed by atoms with Gasteiger partial charge in [-0.25, -0.2) is 26.9 Å². The van der Waals surface area contributed by atoms with Crippen molar-refractivity contribution in [1.29, 1.82) is 0 Å². The lowest BCUT2D eigenvalue weighted by atomic mass is 10.0. The van der Waals surface area contributed by atoms with Gasteiger partial charge in [0.2, 0.25) is 5.88 Å². The van der Waals surface area contributed by atoms with Crippen LogP contribution in [0.1, 0.15) is 37.7 Å². The number of benzene rings is 2. The third-order valence-electron chi connectivity index (χ3n) is 7.14. The summed E-state index contributed by atoms with van der Waals surface area (Å²) in [5, 5.41) is 15.7. The maximum atomic E-state index is 15.1. The summed E-state index contributed by atoms with van der Waals surface area (Å²) in [4.78, 5) is 27.7. The first-order valence-corrected chi connectivity index (χ1v) is 15.8. The first-order chi connectivity index (χ1) is 19.7. The van der Waals surface area contributed by atoms with Crippen molar-refractivity contribution in [3.8, 4) is 11.6 Å². The Hall–Kier alpha value is -3.74. The van der Waals surface area contributed by atoms with E-state index >= 15 is 4.39 Å². The Morgan fingerprint density at radius 3 is 2.56 bits per heavy atom. The van der Waals surface area contributed by atoms with Crippen molar-refractivity contribution in [2.24, 2.45) is 0 Å². The Morgan fingerprint density at radius 2 is 1.83 bits per heavy atom. The molecule has 0 spiro atoms. The van der Waals surface area contributed by atoms with Gasteiger partial charge in [-0.3, -0.25) is 4.79 Å². The molecule has 0 aliphatic carbocycles. The number of fused-ring (bicyclic) bond motifs is 1. The van der Waals surface area contributed by atoms with Gasteiger partial charge in [-0.05, 0) is 98.4 Å². The van der Waals surface area contributed by atoms with Crippen LogP contribution < -0.4 is 15.6 Å². The van der Waals surface area contributed by atoms with Crippen molar-refractivity contribution in [3.05, 3.63) is 81.7 Å². The van der Waals surface area contributed by atoms with E-state index in [1.807, 2.05) is 16.9 Å². The minimum absolute atomic E-state index is 0.0385. The number of piperidine rings is 1. The van der Waals surface area contributed by atoms with Crippen LogP contribution in [0.5, 0.6) is 5.88 Å². The lowest BCUT2D eigenvalue weighted by molar-refractivity contribution is 0.225. The van der Waals surface area contributed by atoms with Gasteiger partial charge in [-0.1, -0.05) is 24.6 Å². The lowest BCUT2D eigenvalue weighted by Gasteiger charge is -2.26. The van der Waals surface area contributed by atoms with Gasteiger partial charge >= 0.3 is 6.03 Å². The number of nitrogens with one attached hydrogen (secondary N) is 2. The Bertz CT molecular complexity index is 1720. The zero-order valence-corrected chi connectivity index (χ0v) is 23.9. The van der Waals surface area contributed by atoms with E-state index in [0.717, 1.165) is 53.3 Å². The van der Waals surface area contributed by atoms with Crippen molar-refractivity contribution >= 4 is 43.9 Å². The van der Waals surface area contributed by atoms with Crippen LogP contribution in [-0.4, -0.2) is 48.7 Å². The summed E-state index contributed by atoms with van der Waals surface area (Å²) in [6, 6.07) is 12.2. The SMILES string of the molecule is O=C(Nc1ccc(-n2c(O)c3ccc(CCCCN4CCCCC4)cc3cc2=O)c(F)c1)NS(=O)(=O)c1cccs1. The van der Waals surface area contributed by atoms with Crippen molar-refractivity contribution in [2.45, 2.75) is 42.7 Å². The molecule has 0 atom stereocenters. The number of pyridine rings is 1. The number of carbonyl (C=O) groups excluding carboxylic acids is 1. The standard InChI is InChI=1S/C29H31FN4O5S2/c30-24-19-22(31-29(37)32-41(38,39)27-8-6-16-40-27)10-12-25(24)34-26(35)18-21-17-20(9-11-23(21)28(34)36)7-2-5-15-33-13-3-1-4-14-33/h6,8-12,16-19,36H,1-5,7,13-15H2,(H2,31,32,37). The number of urea groups is 1. The Balaban J connectivity index is 1.28. The van der Waals surface area contributed by atoms with Crippen LogP contribution in [-0.2, 0) is 16.4 Å². The Kier molecular flexibility index (Phi) is 8.71. The number of aromatic hydroxyl groups is 1. The average Bonchev–Trinajstić information content (AvgIpc) is 3.49. The number of hydrogen-bond donors (Lipinski definition) is 3.